The second-order valence-corrected chi connectivity index (χ2v) is 16.5. The van der Waals surface area contributed by atoms with Crippen molar-refractivity contribution in [3.05, 3.63) is 102 Å². The number of carbonyl (C=O) groups is 3. The number of nitrogens with one attached hydrogen (secondary N) is 4. The molecule has 0 atom stereocenters. The molecule has 3 aromatic heterocycles. The first-order chi connectivity index (χ1) is 30.2. The van der Waals surface area contributed by atoms with Gasteiger partial charge in [0.05, 0.1) is 20.8 Å². The number of ether oxygens (including phenoxy) is 3. The number of aromatic nitrogens is 3. The lowest BCUT2D eigenvalue weighted by molar-refractivity contribution is -0.136. The van der Waals surface area contributed by atoms with Gasteiger partial charge in [-0.2, -0.15) is 21.6 Å². The predicted octanol–water partition coefficient (Wildman–Crippen LogP) is 7.13. The molecule has 346 valence electrons. The maximum atomic E-state index is 11.6. The van der Waals surface area contributed by atoms with Gasteiger partial charge in [-0.15, -0.1) is 0 Å². The molecule has 0 fully saturated rings. The predicted molar refractivity (Wildman–Crippen MR) is 237 cm³/mol. The highest BCUT2D eigenvalue weighted by Gasteiger charge is 2.46. The summed E-state index contributed by atoms with van der Waals surface area (Å²) in [6, 6.07) is 17.0. The Morgan fingerprint density at radius 2 is 1.23 bits per heavy atom. The number of alkyl carbamates (subject to hydrolysis) is 1. The first-order valence-electron chi connectivity index (χ1n) is 19.9. The third-order valence-corrected chi connectivity index (χ3v) is 10.4. The number of methoxy groups -OCH3 is 2. The van der Waals surface area contributed by atoms with Crippen LogP contribution in [0.15, 0.2) is 85.3 Å². The van der Waals surface area contributed by atoms with Crippen LogP contribution in [0.4, 0.5) is 18.0 Å². The minimum Gasteiger partial charge on any atom is -0.508 e. The summed E-state index contributed by atoms with van der Waals surface area (Å²) in [5, 5.41) is 15.3. The summed E-state index contributed by atoms with van der Waals surface area (Å²) < 4.78 is 72.8. The maximum Gasteiger partial charge on any atom is 0.523 e. The number of aromatic amines is 3. The summed E-state index contributed by atoms with van der Waals surface area (Å²) in [4.78, 5) is 45.4. The van der Waals surface area contributed by atoms with E-state index >= 15 is 0 Å². The van der Waals surface area contributed by atoms with Crippen LogP contribution in [0, 0.1) is 0 Å². The number of hydrogen-bond acceptors (Lipinski definition) is 11. The van der Waals surface area contributed by atoms with Gasteiger partial charge in [-0.25, -0.2) is 4.79 Å². The number of imide groups is 1. The van der Waals surface area contributed by atoms with E-state index in [4.69, 9.17) is 19.9 Å². The average Bonchev–Trinajstić information content (AvgIpc) is 4.02. The fourth-order valence-corrected chi connectivity index (χ4v) is 6.67. The van der Waals surface area contributed by atoms with Crippen molar-refractivity contribution in [1.29, 1.82) is 0 Å². The normalized spacial score (nSPS) is 12.6. The molecule has 0 unspecified atom stereocenters. The molecule has 3 aromatic carbocycles. The lowest BCUT2D eigenvalue weighted by Crippen LogP contribution is -2.33. The van der Waals surface area contributed by atoms with E-state index in [-0.39, 0.29) is 17.9 Å². The number of H-pyrrole nitrogens is 3. The van der Waals surface area contributed by atoms with E-state index in [9.17, 15) is 41.1 Å². The average molecular weight is 915 g/mol. The van der Waals surface area contributed by atoms with Crippen LogP contribution in [-0.2, 0) is 47.9 Å². The van der Waals surface area contributed by atoms with Crippen LogP contribution in [0.1, 0.15) is 44.4 Å². The number of hydrogen-bond donors (Lipinski definition) is 6. The summed E-state index contributed by atoms with van der Waals surface area (Å²) >= 11 is 0. The zero-order chi connectivity index (χ0) is 47.2. The molecule has 0 saturated carbocycles. The van der Waals surface area contributed by atoms with Gasteiger partial charge >= 0.3 is 21.7 Å². The Bertz CT molecular complexity index is 2650. The Hall–Kier alpha value is -6.51. The standard InChI is InChI=1S/C16H22N2O3.C15H14N2O3.C10H12N2O.C3H5F3O3S/c1-16(2,3)21-15(19)17-8-7-11-10-18-14-6-5-12(20-4)9-13(11)14;1-20-11-2-3-13-12(8-11)10(9-16-13)6-7-17-14(18)4-5-15(17)19;11-4-3-7-6-12-10-2-1-8(13)5-9(7)10;1-2-9-10(7,8)3(4,5)6/h5-6,9-10,18H,7-8H2,1-4H3,(H,17,19);2-5,8-9,16H,6-7H2,1H3;1-2,5-6,12-13H,3-4,11H2;2H2,1H3. The second kappa shape index (κ2) is 22.2. The van der Waals surface area contributed by atoms with Gasteiger partial charge in [0.15, 0.2) is 0 Å². The van der Waals surface area contributed by atoms with Crippen molar-refractivity contribution in [2.75, 3.05) is 40.5 Å². The summed E-state index contributed by atoms with van der Waals surface area (Å²) in [6.45, 7) is 7.72. The number of amides is 3. The van der Waals surface area contributed by atoms with Crippen LogP contribution < -0.4 is 20.5 Å². The van der Waals surface area contributed by atoms with Crippen molar-refractivity contribution in [2.45, 2.75) is 58.1 Å². The van der Waals surface area contributed by atoms with Crippen molar-refractivity contribution in [3.8, 4) is 17.2 Å². The lowest BCUT2D eigenvalue weighted by Gasteiger charge is -2.19. The molecule has 6 aromatic rings. The molecule has 7 N–H and O–H groups in total. The molecule has 1 aliphatic rings. The Kier molecular flexibility index (Phi) is 17.4. The zero-order valence-corrected chi connectivity index (χ0v) is 37.0. The third-order valence-electron chi connectivity index (χ3n) is 9.24. The van der Waals surface area contributed by atoms with E-state index in [0.717, 1.165) is 80.7 Å². The van der Waals surface area contributed by atoms with Gasteiger partial charge in [-0.3, -0.25) is 18.7 Å². The summed E-state index contributed by atoms with van der Waals surface area (Å²) in [6.07, 6.45) is 10.2. The first kappa shape index (κ1) is 50.1. The summed E-state index contributed by atoms with van der Waals surface area (Å²) in [5.74, 6) is 1.42. The number of aromatic hydroxyl groups is 1. The molecular formula is C44H53F3N6O10S. The van der Waals surface area contributed by atoms with E-state index < -0.39 is 27.8 Å². The van der Waals surface area contributed by atoms with E-state index in [1.165, 1.54) is 17.1 Å². The monoisotopic (exact) mass is 914 g/mol. The minimum absolute atomic E-state index is 0.243. The van der Waals surface area contributed by atoms with Gasteiger partial charge in [0.25, 0.3) is 11.8 Å². The molecule has 3 amide bonds. The largest absolute Gasteiger partial charge is 0.523 e. The van der Waals surface area contributed by atoms with Crippen molar-refractivity contribution < 1.29 is 59.5 Å². The number of alkyl halides is 3. The van der Waals surface area contributed by atoms with E-state index in [1.807, 2.05) is 81.8 Å². The van der Waals surface area contributed by atoms with Crippen LogP contribution in [0.3, 0.4) is 0 Å². The van der Waals surface area contributed by atoms with E-state index in [1.54, 1.807) is 26.4 Å². The molecule has 0 saturated heterocycles. The number of phenolic OH excluding ortho intramolecular Hbond substituents is 1. The highest BCUT2D eigenvalue weighted by Crippen LogP contribution is 2.27. The minimum atomic E-state index is -5.35. The Morgan fingerprint density at radius 1 is 0.766 bits per heavy atom. The molecular weight excluding hydrogens is 862 g/mol. The van der Waals surface area contributed by atoms with Crippen LogP contribution >= 0.6 is 0 Å². The number of nitrogens with two attached hydrogens (primary N) is 1. The third kappa shape index (κ3) is 14.0. The molecule has 64 heavy (non-hydrogen) atoms. The summed E-state index contributed by atoms with van der Waals surface area (Å²) in [5.41, 5.74) is 6.17. The topological polar surface area (TPSA) is 231 Å². The number of phenols is 1. The van der Waals surface area contributed by atoms with Crippen molar-refractivity contribution in [3.63, 3.8) is 0 Å². The van der Waals surface area contributed by atoms with Crippen molar-refractivity contribution in [2.24, 2.45) is 5.73 Å². The number of nitrogens with zero attached hydrogens (tertiary/aromatic N) is 1. The van der Waals surface area contributed by atoms with Crippen LogP contribution in [-0.4, -0.2) is 103 Å². The van der Waals surface area contributed by atoms with Gasteiger partial charge in [-0.1, -0.05) is 0 Å². The molecule has 4 heterocycles. The second-order valence-electron chi connectivity index (χ2n) is 14.9. The number of fused-ring (bicyclic) bond motifs is 3. The van der Waals surface area contributed by atoms with Gasteiger partial charge in [0.1, 0.15) is 22.8 Å². The van der Waals surface area contributed by atoms with Crippen LogP contribution in [0.5, 0.6) is 17.2 Å². The molecule has 0 spiro atoms. The maximum absolute atomic E-state index is 11.6. The molecule has 20 heteroatoms. The van der Waals surface area contributed by atoms with Gasteiger partial charge in [0, 0.05) is 76.5 Å². The molecule has 0 bridgehead atoms. The van der Waals surface area contributed by atoms with Gasteiger partial charge < -0.3 is 45.3 Å². The zero-order valence-electron chi connectivity index (χ0n) is 36.2. The quantitative estimate of drug-likeness (QED) is 0.0411. The van der Waals surface area contributed by atoms with Crippen molar-refractivity contribution >= 4 is 60.7 Å². The molecule has 16 nitrogen and oxygen atoms in total. The highest BCUT2D eigenvalue weighted by atomic mass is 32.2. The number of rotatable bonds is 12. The van der Waals surface area contributed by atoms with Crippen molar-refractivity contribution in [1.82, 2.24) is 25.2 Å². The van der Waals surface area contributed by atoms with Gasteiger partial charge in [-0.05, 0) is 125 Å². The lowest BCUT2D eigenvalue weighted by atomic mass is 10.1. The Balaban J connectivity index is 0.000000195. The summed E-state index contributed by atoms with van der Waals surface area (Å²) in [7, 11) is -2.07. The number of carbonyl (C=O) groups excluding carboxylic acids is 3. The molecule has 1 aliphatic heterocycles. The van der Waals surface area contributed by atoms with Gasteiger partial charge in [0.2, 0.25) is 0 Å². The fraction of sp³-hybridized carbons (Fsp3) is 0.341. The number of halogens is 3. The first-order valence-corrected chi connectivity index (χ1v) is 21.3. The van der Waals surface area contributed by atoms with Crippen LogP contribution in [0.2, 0.25) is 0 Å². The number of benzene rings is 3. The fourth-order valence-electron chi connectivity index (χ4n) is 6.23. The smallest absolute Gasteiger partial charge is 0.508 e. The molecule has 0 radical (unpaired) electrons. The van der Waals surface area contributed by atoms with E-state index in [0.29, 0.717) is 31.8 Å². The Morgan fingerprint density at radius 3 is 1.67 bits per heavy atom. The SMILES string of the molecule is CCOS(=O)(=O)C(F)(F)F.COc1ccc2[nH]cc(CCN3C(=O)C=CC3=O)c2c1.COc1ccc2[nH]cc(CCNC(=O)OC(C)(C)C)c2c1.NCCc1c[nH]c2ccc(O)cc12. The Labute approximate surface area is 368 Å². The highest BCUT2D eigenvalue weighted by molar-refractivity contribution is 7.87. The van der Waals surface area contributed by atoms with E-state index in [2.05, 4.69) is 24.5 Å². The van der Waals surface area contributed by atoms with Crippen LogP contribution in [0.25, 0.3) is 32.7 Å². The molecule has 0 aliphatic carbocycles. The molecule has 7 rings (SSSR count).